The summed E-state index contributed by atoms with van der Waals surface area (Å²) >= 11 is 0. The van der Waals surface area contributed by atoms with Crippen LogP contribution in [-0.4, -0.2) is 28.5 Å². The van der Waals surface area contributed by atoms with E-state index >= 15 is 0 Å². The van der Waals surface area contributed by atoms with E-state index < -0.39 is 5.82 Å². The third-order valence-electron chi connectivity index (χ3n) is 4.84. The van der Waals surface area contributed by atoms with E-state index in [0.717, 1.165) is 6.42 Å². The molecule has 0 bridgehead atoms. The molecule has 0 unspecified atom stereocenters. The second kappa shape index (κ2) is 6.20. The molecule has 1 aromatic heterocycles. The number of carbonyl (C=O) groups excluding carboxylic acids is 1. The summed E-state index contributed by atoms with van der Waals surface area (Å²) < 4.78 is 16.0. The Bertz CT molecular complexity index is 986. The topological polar surface area (TPSA) is 25.2 Å². The SMILES string of the molecule is Cn1cc(C2=CCN(C(=O)c3ccccc3F)CC2)c2ccccc21. The van der Waals surface area contributed by atoms with Crippen molar-refractivity contribution in [2.45, 2.75) is 6.42 Å². The lowest BCUT2D eigenvalue weighted by atomic mass is 9.98. The van der Waals surface area contributed by atoms with Gasteiger partial charge in [0.15, 0.2) is 0 Å². The quantitative estimate of drug-likeness (QED) is 0.688. The number of aryl methyl sites for hydroxylation is 1. The number of rotatable bonds is 2. The van der Waals surface area contributed by atoms with Crippen molar-refractivity contribution in [3.8, 4) is 0 Å². The summed E-state index contributed by atoms with van der Waals surface area (Å²) in [5.41, 5.74) is 3.80. The van der Waals surface area contributed by atoms with Crippen LogP contribution < -0.4 is 0 Å². The summed E-state index contributed by atoms with van der Waals surface area (Å²) in [7, 11) is 2.04. The molecule has 2 heterocycles. The number of aromatic nitrogens is 1. The van der Waals surface area contributed by atoms with Crippen molar-refractivity contribution in [3.63, 3.8) is 0 Å². The van der Waals surface area contributed by atoms with Crippen molar-refractivity contribution >= 4 is 22.4 Å². The van der Waals surface area contributed by atoms with Gasteiger partial charge in [0.25, 0.3) is 5.91 Å². The minimum Gasteiger partial charge on any atom is -0.350 e. The zero-order chi connectivity index (χ0) is 17.4. The third-order valence-corrected chi connectivity index (χ3v) is 4.84. The van der Waals surface area contributed by atoms with E-state index in [2.05, 4.69) is 29.0 Å². The van der Waals surface area contributed by atoms with Crippen LogP contribution in [0.25, 0.3) is 16.5 Å². The van der Waals surface area contributed by atoms with Gasteiger partial charge in [-0.05, 0) is 30.2 Å². The fourth-order valence-corrected chi connectivity index (χ4v) is 3.50. The molecule has 25 heavy (non-hydrogen) atoms. The van der Waals surface area contributed by atoms with Gasteiger partial charge in [-0.2, -0.15) is 0 Å². The van der Waals surface area contributed by atoms with E-state index in [-0.39, 0.29) is 11.5 Å². The van der Waals surface area contributed by atoms with E-state index in [1.165, 1.54) is 28.1 Å². The molecule has 0 saturated carbocycles. The summed E-state index contributed by atoms with van der Waals surface area (Å²) in [6.07, 6.45) is 5.00. The Labute approximate surface area is 146 Å². The van der Waals surface area contributed by atoms with Crippen molar-refractivity contribution in [3.05, 3.63) is 77.7 Å². The number of halogens is 1. The summed E-state index contributed by atoms with van der Waals surface area (Å²) in [5, 5.41) is 1.23. The Morgan fingerprint density at radius 2 is 1.84 bits per heavy atom. The first-order valence-electron chi connectivity index (χ1n) is 8.42. The Morgan fingerprint density at radius 3 is 2.60 bits per heavy atom. The summed E-state index contributed by atoms with van der Waals surface area (Å²) in [6.45, 7) is 1.11. The molecule has 1 aliphatic rings. The van der Waals surface area contributed by atoms with Crippen LogP contribution in [0.5, 0.6) is 0 Å². The predicted octanol–water partition coefficient (Wildman–Crippen LogP) is 4.25. The molecular weight excluding hydrogens is 315 g/mol. The van der Waals surface area contributed by atoms with Gasteiger partial charge >= 0.3 is 0 Å². The predicted molar refractivity (Wildman–Crippen MR) is 97.8 cm³/mol. The molecule has 0 N–H and O–H groups in total. The lowest BCUT2D eigenvalue weighted by Gasteiger charge is -2.26. The minimum atomic E-state index is -0.462. The van der Waals surface area contributed by atoms with Crippen LogP contribution >= 0.6 is 0 Å². The average Bonchev–Trinajstić information content (AvgIpc) is 2.99. The number of nitrogens with zero attached hydrogens (tertiary/aromatic N) is 2. The van der Waals surface area contributed by atoms with Crippen molar-refractivity contribution in [2.75, 3.05) is 13.1 Å². The number of para-hydroxylation sites is 1. The monoisotopic (exact) mass is 334 g/mol. The minimum absolute atomic E-state index is 0.143. The van der Waals surface area contributed by atoms with Crippen LogP contribution in [0, 0.1) is 5.82 Å². The molecule has 3 nitrogen and oxygen atoms in total. The Balaban J connectivity index is 1.60. The second-order valence-electron chi connectivity index (χ2n) is 6.38. The number of carbonyl (C=O) groups is 1. The van der Waals surface area contributed by atoms with E-state index in [9.17, 15) is 9.18 Å². The van der Waals surface area contributed by atoms with Gasteiger partial charge in [0.05, 0.1) is 5.56 Å². The maximum atomic E-state index is 13.8. The van der Waals surface area contributed by atoms with Crippen molar-refractivity contribution < 1.29 is 9.18 Å². The first-order valence-corrected chi connectivity index (χ1v) is 8.42. The molecule has 3 aromatic rings. The highest BCUT2D eigenvalue weighted by molar-refractivity contribution is 5.96. The van der Waals surface area contributed by atoms with E-state index in [1.807, 2.05) is 19.2 Å². The second-order valence-corrected chi connectivity index (χ2v) is 6.38. The summed E-state index contributed by atoms with van der Waals surface area (Å²) in [5.74, 6) is -0.706. The lowest BCUT2D eigenvalue weighted by Crippen LogP contribution is -2.35. The summed E-state index contributed by atoms with van der Waals surface area (Å²) in [4.78, 5) is 14.2. The molecule has 0 fully saturated rings. The molecule has 0 saturated heterocycles. The van der Waals surface area contributed by atoms with Gasteiger partial charge in [-0.25, -0.2) is 4.39 Å². The zero-order valence-electron chi connectivity index (χ0n) is 14.1. The number of benzene rings is 2. The molecule has 0 spiro atoms. The van der Waals surface area contributed by atoms with Gasteiger partial charge in [-0.15, -0.1) is 0 Å². The Kier molecular flexibility index (Phi) is 3.88. The highest BCUT2D eigenvalue weighted by atomic mass is 19.1. The molecule has 126 valence electrons. The molecule has 1 amide bonds. The number of amides is 1. The van der Waals surface area contributed by atoms with Crippen molar-refractivity contribution in [1.82, 2.24) is 9.47 Å². The standard InChI is InChI=1S/C21H19FN2O/c1-23-14-18(16-6-3-5-9-20(16)23)15-10-12-24(13-11-15)21(25)17-7-2-4-8-19(17)22/h2-10,14H,11-13H2,1H3. The van der Waals surface area contributed by atoms with Crippen LogP contribution in [0.2, 0.25) is 0 Å². The molecular formula is C21H19FN2O. The van der Waals surface area contributed by atoms with Gasteiger partial charge in [0.1, 0.15) is 5.82 Å². The fourth-order valence-electron chi connectivity index (χ4n) is 3.50. The molecule has 0 aliphatic carbocycles. The third kappa shape index (κ3) is 2.74. The van der Waals surface area contributed by atoms with Gasteiger partial charge in [0, 0.05) is 42.8 Å². The largest absolute Gasteiger partial charge is 0.350 e. The van der Waals surface area contributed by atoms with E-state index in [0.29, 0.717) is 13.1 Å². The molecule has 4 rings (SSSR count). The van der Waals surface area contributed by atoms with Crippen LogP contribution in [0.1, 0.15) is 22.3 Å². The van der Waals surface area contributed by atoms with Crippen LogP contribution in [0.4, 0.5) is 4.39 Å². The molecule has 1 aliphatic heterocycles. The van der Waals surface area contributed by atoms with Crippen LogP contribution in [0.15, 0.2) is 60.8 Å². The zero-order valence-corrected chi connectivity index (χ0v) is 14.1. The summed E-state index contributed by atoms with van der Waals surface area (Å²) in [6, 6.07) is 14.5. The van der Waals surface area contributed by atoms with Gasteiger partial charge in [0.2, 0.25) is 0 Å². The Hall–Kier alpha value is -2.88. The first-order chi connectivity index (χ1) is 12.1. The number of hydrogen-bond donors (Lipinski definition) is 0. The van der Waals surface area contributed by atoms with Crippen LogP contribution in [-0.2, 0) is 7.05 Å². The molecule has 2 aromatic carbocycles. The Morgan fingerprint density at radius 1 is 1.08 bits per heavy atom. The highest BCUT2D eigenvalue weighted by Crippen LogP contribution is 2.30. The van der Waals surface area contributed by atoms with E-state index in [4.69, 9.17) is 0 Å². The van der Waals surface area contributed by atoms with Gasteiger partial charge in [-0.1, -0.05) is 36.4 Å². The first kappa shape index (κ1) is 15.6. The number of hydrogen-bond acceptors (Lipinski definition) is 1. The normalized spacial score (nSPS) is 14.6. The maximum absolute atomic E-state index is 13.8. The van der Waals surface area contributed by atoms with Crippen molar-refractivity contribution in [2.24, 2.45) is 7.05 Å². The highest BCUT2D eigenvalue weighted by Gasteiger charge is 2.22. The smallest absolute Gasteiger partial charge is 0.257 e. The lowest BCUT2D eigenvalue weighted by molar-refractivity contribution is 0.0768. The maximum Gasteiger partial charge on any atom is 0.257 e. The van der Waals surface area contributed by atoms with Crippen LogP contribution in [0.3, 0.4) is 0 Å². The number of fused-ring (bicyclic) bond motifs is 1. The fraction of sp³-hybridized carbons (Fsp3) is 0.190. The van der Waals surface area contributed by atoms with Gasteiger partial charge < -0.3 is 9.47 Å². The molecule has 0 atom stereocenters. The average molecular weight is 334 g/mol. The van der Waals surface area contributed by atoms with E-state index in [1.54, 1.807) is 23.1 Å². The van der Waals surface area contributed by atoms with Crippen molar-refractivity contribution in [1.29, 1.82) is 0 Å². The van der Waals surface area contributed by atoms with Gasteiger partial charge in [-0.3, -0.25) is 4.79 Å². The molecule has 0 radical (unpaired) electrons. The molecule has 4 heteroatoms.